The van der Waals surface area contributed by atoms with Gasteiger partial charge in [-0.2, -0.15) is 5.10 Å². The first kappa shape index (κ1) is 13.5. The first-order valence-corrected chi connectivity index (χ1v) is 6.29. The zero-order valence-electron chi connectivity index (χ0n) is 10.2. The van der Waals surface area contributed by atoms with Gasteiger partial charge in [-0.05, 0) is 43.1 Å². The molecule has 0 aliphatic heterocycles. The molecular formula is C12H19BrN2O. The second kappa shape index (κ2) is 6.21. The number of ether oxygens (including phenoxy) is 1. The van der Waals surface area contributed by atoms with Gasteiger partial charge in [-0.1, -0.05) is 5.57 Å². The molecule has 4 heteroatoms. The first-order chi connectivity index (χ1) is 7.56. The van der Waals surface area contributed by atoms with E-state index in [1.54, 1.807) is 0 Å². The lowest BCUT2D eigenvalue weighted by Crippen LogP contribution is -2.05. The van der Waals surface area contributed by atoms with Gasteiger partial charge in [0.1, 0.15) is 0 Å². The molecule has 0 aromatic carbocycles. The number of rotatable bonds is 6. The van der Waals surface area contributed by atoms with Crippen LogP contribution < -0.4 is 0 Å². The van der Waals surface area contributed by atoms with Gasteiger partial charge in [0.25, 0.3) is 0 Å². The lowest BCUT2D eigenvalue weighted by molar-refractivity contribution is 0.117. The standard InChI is InChI=1S/C12H19BrN2O/c1-5-15-11(12(13)10(4)14-15)8-16-7-6-9(2)3/h2,5-8H2,1,3-4H3. The molecule has 0 saturated heterocycles. The van der Waals surface area contributed by atoms with Crippen molar-refractivity contribution in [3.63, 3.8) is 0 Å². The van der Waals surface area contributed by atoms with Gasteiger partial charge in [-0.25, -0.2) is 0 Å². The van der Waals surface area contributed by atoms with E-state index in [-0.39, 0.29) is 0 Å². The Bertz CT molecular complexity index is 371. The predicted molar refractivity (Wildman–Crippen MR) is 69.4 cm³/mol. The molecule has 90 valence electrons. The summed E-state index contributed by atoms with van der Waals surface area (Å²) < 4.78 is 8.65. The molecule has 0 N–H and O–H groups in total. The van der Waals surface area contributed by atoms with Crippen molar-refractivity contribution in [3.05, 3.63) is 28.0 Å². The highest BCUT2D eigenvalue weighted by Gasteiger charge is 2.11. The van der Waals surface area contributed by atoms with Crippen LogP contribution in [0.4, 0.5) is 0 Å². The van der Waals surface area contributed by atoms with E-state index in [1.165, 1.54) is 0 Å². The van der Waals surface area contributed by atoms with Crippen LogP contribution in [0.15, 0.2) is 16.6 Å². The summed E-state index contributed by atoms with van der Waals surface area (Å²) >= 11 is 3.54. The van der Waals surface area contributed by atoms with Gasteiger partial charge in [0, 0.05) is 6.54 Å². The quantitative estimate of drug-likeness (QED) is 0.592. The Hall–Kier alpha value is -0.610. The minimum Gasteiger partial charge on any atom is -0.375 e. The van der Waals surface area contributed by atoms with Gasteiger partial charge in [-0.15, -0.1) is 6.58 Å². The van der Waals surface area contributed by atoms with Crippen LogP contribution in [-0.4, -0.2) is 16.4 Å². The SMILES string of the molecule is C=C(C)CCOCc1c(Br)c(C)nn1CC. The van der Waals surface area contributed by atoms with E-state index < -0.39 is 0 Å². The summed E-state index contributed by atoms with van der Waals surface area (Å²) in [5.41, 5.74) is 3.28. The Labute approximate surface area is 106 Å². The van der Waals surface area contributed by atoms with Gasteiger partial charge >= 0.3 is 0 Å². The van der Waals surface area contributed by atoms with Crippen molar-refractivity contribution in [2.75, 3.05) is 6.61 Å². The Morgan fingerprint density at radius 2 is 2.25 bits per heavy atom. The molecule has 0 unspecified atom stereocenters. The highest BCUT2D eigenvalue weighted by Crippen LogP contribution is 2.21. The van der Waals surface area contributed by atoms with E-state index in [0.29, 0.717) is 6.61 Å². The van der Waals surface area contributed by atoms with Crippen LogP contribution in [0.5, 0.6) is 0 Å². The summed E-state index contributed by atoms with van der Waals surface area (Å²) in [7, 11) is 0. The molecule has 16 heavy (non-hydrogen) atoms. The summed E-state index contributed by atoms with van der Waals surface area (Å²) in [5, 5.41) is 4.41. The van der Waals surface area contributed by atoms with Crippen molar-refractivity contribution in [2.24, 2.45) is 0 Å². The number of halogens is 1. The molecule has 0 fully saturated rings. The minimum absolute atomic E-state index is 0.600. The lowest BCUT2D eigenvalue weighted by Gasteiger charge is -2.06. The van der Waals surface area contributed by atoms with Gasteiger partial charge in [0.2, 0.25) is 0 Å². The number of nitrogens with zero attached hydrogens (tertiary/aromatic N) is 2. The largest absolute Gasteiger partial charge is 0.375 e. The van der Waals surface area contributed by atoms with Gasteiger partial charge in [0.05, 0.1) is 29.1 Å². The van der Waals surface area contributed by atoms with Crippen LogP contribution in [0, 0.1) is 6.92 Å². The minimum atomic E-state index is 0.600. The van der Waals surface area contributed by atoms with Crippen LogP contribution in [0.2, 0.25) is 0 Å². The molecule has 1 heterocycles. The van der Waals surface area contributed by atoms with Crippen molar-refractivity contribution in [3.8, 4) is 0 Å². The monoisotopic (exact) mass is 286 g/mol. The highest BCUT2D eigenvalue weighted by atomic mass is 79.9. The van der Waals surface area contributed by atoms with Crippen molar-refractivity contribution in [1.29, 1.82) is 0 Å². The fourth-order valence-corrected chi connectivity index (χ4v) is 1.82. The third kappa shape index (κ3) is 3.46. The topological polar surface area (TPSA) is 27.1 Å². The van der Waals surface area contributed by atoms with Crippen LogP contribution in [0.25, 0.3) is 0 Å². The molecular weight excluding hydrogens is 268 g/mol. The second-order valence-corrected chi connectivity index (χ2v) is 4.71. The first-order valence-electron chi connectivity index (χ1n) is 5.50. The zero-order chi connectivity index (χ0) is 12.1. The van der Waals surface area contributed by atoms with E-state index in [9.17, 15) is 0 Å². The Balaban J connectivity index is 2.55. The zero-order valence-corrected chi connectivity index (χ0v) is 11.8. The Kier molecular flexibility index (Phi) is 5.22. The van der Waals surface area contributed by atoms with Crippen molar-refractivity contribution >= 4 is 15.9 Å². The van der Waals surface area contributed by atoms with Crippen molar-refractivity contribution < 1.29 is 4.74 Å². The van der Waals surface area contributed by atoms with Crippen LogP contribution in [0.1, 0.15) is 31.7 Å². The fourth-order valence-electron chi connectivity index (χ4n) is 1.42. The molecule has 1 aromatic rings. The molecule has 0 saturated carbocycles. The Morgan fingerprint density at radius 3 is 2.81 bits per heavy atom. The number of hydrogen-bond acceptors (Lipinski definition) is 2. The van der Waals surface area contributed by atoms with Gasteiger partial charge < -0.3 is 4.74 Å². The van der Waals surface area contributed by atoms with Crippen LogP contribution in [-0.2, 0) is 17.9 Å². The Morgan fingerprint density at radius 1 is 1.56 bits per heavy atom. The average molecular weight is 287 g/mol. The summed E-state index contributed by atoms with van der Waals surface area (Å²) in [6.45, 7) is 12.1. The predicted octanol–water partition coefficient (Wildman–Crippen LogP) is 3.46. The second-order valence-electron chi connectivity index (χ2n) is 3.92. The molecule has 0 spiro atoms. The van der Waals surface area contributed by atoms with Crippen LogP contribution >= 0.6 is 15.9 Å². The third-order valence-corrected chi connectivity index (χ3v) is 3.40. The molecule has 0 amide bonds. The molecule has 3 nitrogen and oxygen atoms in total. The van der Waals surface area contributed by atoms with Crippen molar-refractivity contribution in [2.45, 2.75) is 40.3 Å². The summed E-state index contributed by atoms with van der Waals surface area (Å²) in [6, 6.07) is 0. The molecule has 1 rings (SSSR count). The average Bonchev–Trinajstić information content (AvgIpc) is 2.50. The molecule has 1 aromatic heterocycles. The highest BCUT2D eigenvalue weighted by molar-refractivity contribution is 9.10. The van der Waals surface area contributed by atoms with Gasteiger partial charge in [0.15, 0.2) is 0 Å². The summed E-state index contributed by atoms with van der Waals surface area (Å²) in [6.07, 6.45) is 0.914. The molecule has 0 aliphatic carbocycles. The number of aromatic nitrogens is 2. The normalized spacial score (nSPS) is 10.8. The van der Waals surface area contributed by atoms with E-state index >= 15 is 0 Å². The summed E-state index contributed by atoms with van der Waals surface area (Å²) in [5.74, 6) is 0. The van der Waals surface area contributed by atoms with E-state index in [1.807, 2.05) is 18.5 Å². The van der Waals surface area contributed by atoms with Gasteiger partial charge in [-0.3, -0.25) is 4.68 Å². The van der Waals surface area contributed by atoms with E-state index in [4.69, 9.17) is 4.74 Å². The fraction of sp³-hybridized carbons (Fsp3) is 0.583. The third-order valence-electron chi connectivity index (χ3n) is 2.36. The van der Waals surface area contributed by atoms with Crippen LogP contribution in [0.3, 0.4) is 0 Å². The maximum absolute atomic E-state index is 5.62. The van der Waals surface area contributed by atoms with Crippen molar-refractivity contribution in [1.82, 2.24) is 9.78 Å². The number of aryl methyl sites for hydroxylation is 2. The molecule has 0 radical (unpaired) electrons. The molecule has 0 atom stereocenters. The number of hydrogen-bond donors (Lipinski definition) is 0. The van der Waals surface area contributed by atoms with E-state index in [0.717, 1.165) is 41.0 Å². The lowest BCUT2D eigenvalue weighted by atomic mass is 10.3. The maximum atomic E-state index is 5.62. The molecule has 0 aliphatic rings. The maximum Gasteiger partial charge on any atom is 0.0896 e. The molecule has 0 bridgehead atoms. The summed E-state index contributed by atoms with van der Waals surface area (Å²) in [4.78, 5) is 0. The smallest absolute Gasteiger partial charge is 0.0896 e. The van der Waals surface area contributed by atoms with E-state index in [2.05, 4.69) is 34.5 Å².